The maximum Gasteiger partial charge on any atom is 0.153 e. The van der Waals surface area contributed by atoms with Crippen LogP contribution in [0.25, 0.3) is 16.9 Å². The molecule has 0 unspecified atom stereocenters. The third-order valence-corrected chi connectivity index (χ3v) is 9.07. The average Bonchev–Trinajstić information content (AvgIpc) is 3.18. The first-order valence-electron chi connectivity index (χ1n) is 13.3. The molecule has 2 aromatic carbocycles. The molecule has 2 aliphatic rings. The Balaban J connectivity index is 1.49. The molecule has 2 fully saturated rings. The van der Waals surface area contributed by atoms with Crippen LogP contribution in [0.15, 0.2) is 42.5 Å². The zero-order valence-corrected chi connectivity index (χ0v) is 22.8. The molecule has 206 valence electrons. The Hall–Kier alpha value is -3.62. The topological polar surface area (TPSA) is 112 Å². The van der Waals surface area contributed by atoms with Gasteiger partial charge >= 0.3 is 0 Å². The Morgan fingerprint density at radius 2 is 1.97 bits per heavy atom. The highest BCUT2D eigenvalue weighted by molar-refractivity contribution is 7.91. The maximum atomic E-state index is 14.6. The van der Waals surface area contributed by atoms with Gasteiger partial charge in [0, 0.05) is 43.0 Å². The Morgan fingerprint density at radius 3 is 2.72 bits per heavy atom. The van der Waals surface area contributed by atoms with Gasteiger partial charge in [-0.3, -0.25) is 0 Å². The summed E-state index contributed by atoms with van der Waals surface area (Å²) in [5.41, 5.74) is 2.74. The number of nitrogens with zero attached hydrogens (tertiary/aromatic N) is 4. The van der Waals surface area contributed by atoms with Crippen molar-refractivity contribution in [1.82, 2.24) is 15.1 Å². The normalized spacial score (nSPS) is 19.2. The maximum absolute atomic E-state index is 14.6. The minimum absolute atomic E-state index is 0.0179. The molecule has 9 nitrogen and oxygen atoms in total. The van der Waals surface area contributed by atoms with Gasteiger partial charge in [0.05, 0.1) is 29.9 Å². The first kappa shape index (κ1) is 27.0. The number of hydrogen-bond donors (Lipinski definition) is 2. The second-order valence-corrected chi connectivity index (χ2v) is 12.4. The highest BCUT2D eigenvalue weighted by Crippen LogP contribution is 2.34. The van der Waals surface area contributed by atoms with Gasteiger partial charge in [-0.05, 0) is 62.5 Å². The number of hydrogen-bond acceptors (Lipinski definition) is 8. The standard InChI is InChI=1S/C28H33FN6O3S/c1-38-27-16-23(34-11-13-39(36,37)14-12-34)6-7-25(27)35-26(21-4-5-22(18-30)24(29)15-21)17-28(33-35)32-19-20-3-2-9-31-10-8-20/h4-7,15-17,20,31H,2-3,8-14,19H2,1H3,(H,32,33)/t20-/m0/s1. The van der Waals surface area contributed by atoms with E-state index in [4.69, 9.17) is 9.84 Å². The molecule has 5 rings (SSSR count). The van der Waals surface area contributed by atoms with Gasteiger partial charge in [-0.25, -0.2) is 17.5 Å². The molecule has 2 saturated heterocycles. The zero-order chi connectivity index (χ0) is 27.4. The minimum Gasteiger partial charge on any atom is -0.494 e. The molecule has 2 N–H and O–H groups in total. The highest BCUT2D eigenvalue weighted by Gasteiger charge is 2.24. The number of aromatic nitrogens is 2. The molecule has 1 atom stereocenters. The summed E-state index contributed by atoms with van der Waals surface area (Å²) in [4.78, 5) is 2.03. The van der Waals surface area contributed by atoms with Gasteiger partial charge in [-0.1, -0.05) is 6.07 Å². The highest BCUT2D eigenvalue weighted by atomic mass is 32.2. The van der Waals surface area contributed by atoms with Gasteiger partial charge in [-0.15, -0.1) is 5.10 Å². The van der Waals surface area contributed by atoms with E-state index in [0.717, 1.165) is 44.6 Å². The molecule has 0 amide bonds. The number of halogens is 1. The summed E-state index contributed by atoms with van der Waals surface area (Å²) in [5.74, 6) is 1.40. The lowest BCUT2D eigenvalue weighted by Gasteiger charge is -2.29. The fourth-order valence-electron chi connectivity index (χ4n) is 5.17. The quantitative estimate of drug-likeness (QED) is 0.457. The van der Waals surface area contributed by atoms with Gasteiger partial charge in [0.15, 0.2) is 9.84 Å². The van der Waals surface area contributed by atoms with Crippen molar-refractivity contribution in [3.05, 3.63) is 53.8 Å². The van der Waals surface area contributed by atoms with Crippen molar-refractivity contribution in [2.24, 2.45) is 5.92 Å². The molecule has 39 heavy (non-hydrogen) atoms. The van der Waals surface area contributed by atoms with Crippen molar-refractivity contribution in [2.45, 2.75) is 19.3 Å². The number of ether oxygens (including phenoxy) is 1. The third-order valence-electron chi connectivity index (χ3n) is 7.46. The minimum atomic E-state index is -3.00. The van der Waals surface area contributed by atoms with Crippen molar-refractivity contribution >= 4 is 21.3 Å². The van der Waals surface area contributed by atoms with Crippen LogP contribution in [0.5, 0.6) is 5.75 Å². The molecular formula is C28H33FN6O3S. The lowest BCUT2D eigenvalue weighted by Crippen LogP contribution is -2.40. The van der Waals surface area contributed by atoms with Crippen molar-refractivity contribution in [3.8, 4) is 28.8 Å². The molecule has 0 radical (unpaired) electrons. The molecule has 0 aliphatic carbocycles. The summed E-state index contributed by atoms with van der Waals surface area (Å²) in [6.45, 7) is 3.68. The van der Waals surface area contributed by atoms with Gasteiger partial charge in [0.1, 0.15) is 29.1 Å². The fraction of sp³-hybridized carbons (Fsp3) is 0.429. The van der Waals surface area contributed by atoms with Crippen LogP contribution >= 0.6 is 0 Å². The smallest absolute Gasteiger partial charge is 0.153 e. The average molecular weight is 553 g/mol. The SMILES string of the molecule is COc1cc(N2CCS(=O)(=O)CC2)ccc1-n1nc(NC[C@H]2CCCNCC2)cc1-c1ccc(C#N)c(F)c1. The summed E-state index contributed by atoms with van der Waals surface area (Å²) in [5, 5.41) is 20.9. The molecule has 2 aliphatic heterocycles. The first-order valence-corrected chi connectivity index (χ1v) is 15.1. The second-order valence-electron chi connectivity index (χ2n) is 10.1. The summed E-state index contributed by atoms with van der Waals surface area (Å²) >= 11 is 0. The summed E-state index contributed by atoms with van der Waals surface area (Å²) in [7, 11) is -1.42. The Bertz CT molecular complexity index is 1460. The number of methoxy groups -OCH3 is 1. The summed E-state index contributed by atoms with van der Waals surface area (Å²) < 4.78 is 45.9. The van der Waals surface area contributed by atoms with Gasteiger partial charge < -0.3 is 20.3 Å². The van der Waals surface area contributed by atoms with Gasteiger partial charge in [0.2, 0.25) is 0 Å². The molecule has 3 heterocycles. The molecule has 0 bridgehead atoms. The largest absolute Gasteiger partial charge is 0.494 e. The lowest BCUT2D eigenvalue weighted by molar-refractivity contribution is 0.412. The monoisotopic (exact) mass is 552 g/mol. The van der Waals surface area contributed by atoms with E-state index in [0.29, 0.717) is 47.5 Å². The molecule has 3 aromatic rings. The predicted molar refractivity (Wildman–Crippen MR) is 150 cm³/mol. The van der Waals surface area contributed by atoms with Gasteiger partial charge in [0.25, 0.3) is 0 Å². The summed E-state index contributed by atoms with van der Waals surface area (Å²) in [6.07, 6.45) is 3.37. The number of anilines is 2. The molecule has 11 heteroatoms. The fourth-order valence-corrected chi connectivity index (χ4v) is 6.38. The van der Waals surface area contributed by atoms with E-state index in [1.54, 1.807) is 17.9 Å². The number of sulfone groups is 1. The third kappa shape index (κ3) is 6.18. The van der Waals surface area contributed by atoms with E-state index in [1.807, 2.05) is 35.2 Å². The number of nitrogens with one attached hydrogen (secondary N) is 2. The molecule has 0 spiro atoms. The molecular weight excluding hydrogens is 519 g/mol. The number of benzene rings is 2. The van der Waals surface area contributed by atoms with E-state index in [2.05, 4.69) is 10.6 Å². The van der Waals surface area contributed by atoms with Crippen LogP contribution in [0.4, 0.5) is 15.9 Å². The Labute approximate surface area is 228 Å². The van der Waals surface area contributed by atoms with Gasteiger partial charge in [-0.2, -0.15) is 5.26 Å². The van der Waals surface area contributed by atoms with Crippen LogP contribution in [0, 0.1) is 23.1 Å². The number of nitriles is 1. The van der Waals surface area contributed by atoms with Crippen molar-refractivity contribution in [3.63, 3.8) is 0 Å². The van der Waals surface area contributed by atoms with Crippen LogP contribution in [0.1, 0.15) is 24.8 Å². The van der Waals surface area contributed by atoms with E-state index < -0.39 is 15.7 Å². The van der Waals surface area contributed by atoms with Crippen LogP contribution < -0.4 is 20.3 Å². The van der Waals surface area contributed by atoms with Crippen LogP contribution in [0.2, 0.25) is 0 Å². The van der Waals surface area contributed by atoms with Crippen LogP contribution in [-0.2, 0) is 9.84 Å². The van der Waals surface area contributed by atoms with E-state index >= 15 is 0 Å². The van der Waals surface area contributed by atoms with Crippen LogP contribution in [-0.4, -0.2) is 69.5 Å². The lowest BCUT2D eigenvalue weighted by atomic mass is 10.0. The first-order chi connectivity index (χ1) is 18.9. The van der Waals surface area contributed by atoms with Crippen molar-refractivity contribution in [2.75, 3.05) is 61.6 Å². The van der Waals surface area contributed by atoms with E-state index in [9.17, 15) is 18.1 Å². The van der Waals surface area contributed by atoms with E-state index in [1.165, 1.54) is 12.1 Å². The van der Waals surface area contributed by atoms with Crippen molar-refractivity contribution in [1.29, 1.82) is 5.26 Å². The second kappa shape index (κ2) is 11.6. The Morgan fingerprint density at radius 1 is 1.15 bits per heavy atom. The predicted octanol–water partition coefficient (Wildman–Crippen LogP) is 3.60. The van der Waals surface area contributed by atoms with Crippen molar-refractivity contribution < 1.29 is 17.5 Å². The summed E-state index contributed by atoms with van der Waals surface area (Å²) in [6, 6.07) is 14.0. The molecule has 1 aromatic heterocycles. The number of rotatable bonds is 7. The zero-order valence-electron chi connectivity index (χ0n) is 22.0. The Kier molecular flexibility index (Phi) is 8.04. The van der Waals surface area contributed by atoms with Crippen LogP contribution in [0.3, 0.4) is 0 Å². The molecule has 0 saturated carbocycles. The van der Waals surface area contributed by atoms with E-state index in [-0.39, 0.29) is 17.1 Å².